The van der Waals surface area contributed by atoms with Gasteiger partial charge in [-0.05, 0) is 41.4 Å². The van der Waals surface area contributed by atoms with Crippen molar-refractivity contribution in [3.05, 3.63) is 46.9 Å². The fourth-order valence-corrected chi connectivity index (χ4v) is 3.02. The molecular formula is C17H14ClN3O3. The van der Waals surface area contributed by atoms with E-state index in [1.54, 1.807) is 13.2 Å². The summed E-state index contributed by atoms with van der Waals surface area (Å²) in [6.07, 6.45) is 0.534. The van der Waals surface area contributed by atoms with Crippen LogP contribution in [0.25, 0.3) is 10.9 Å². The first kappa shape index (κ1) is 14.8. The molecule has 0 radical (unpaired) electrons. The van der Waals surface area contributed by atoms with Crippen molar-refractivity contribution in [2.75, 3.05) is 19.6 Å². The highest BCUT2D eigenvalue weighted by Crippen LogP contribution is 2.35. The molecule has 1 aromatic heterocycles. The first-order valence-electron chi connectivity index (χ1n) is 7.33. The molecule has 24 heavy (non-hydrogen) atoms. The van der Waals surface area contributed by atoms with E-state index in [1.165, 1.54) is 0 Å². The minimum absolute atomic E-state index is 0.183. The summed E-state index contributed by atoms with van der Waals surface area (Å²) in [5, 5.41) is 0.930. The Bertz CT molecular complexity index is 946. The summed E-state index contributed by atoms with van der Waals surface area (Å²) < 4.78 is 16.1. The van der Waals surface area contributed by atoms with E-state index in [9.17, 15) is 0 Å². The van der Waals surface area contributed by atoms with E-state index in [0.29, 0.717) is 23.4 Å². The van der Waals surface area contributed by atoms with Crippen LogP contribution in [0.3, 0.4) is 0 Å². The molecule has 1 aliphatic rings. The molecule has 0 aliphatic carbocycles. The van der Waals surface area contributed by atoms with Crippen LogP contribution >= 0.6 is 11.6 Å². The third kappa shape index (κ3) is 2.45. The lowest BCUT2D eigenvalue weighted by Gasteiger charge is -2.12. The number of anilines is 1. The Labute approximate surface area is 143 Å². The molecule has 0 spiro atoms. The molecule has 122 valence electrons. The molecule has 0 unspecified atom stereocenters. The molecular weight excluding hydrogens is 330 g/mol. The SMILES string of the molecule is COc1ccc2nc(Cl)nc(Cc3ccc4c(c3)OCO4)c2c1N. The Morgan fingerprint density at radius 1 is 1.17 bits per heavy atom. The maximum Gasteiger partial charge on any atom is 0.231 e. The average Bonchev–Trinajstić information content (AvgIpc) is 3.02. The minimum atomic E-state index is 0.183. The van der Waals surface area contributed by atoms with Gasteiger partial charge in [0, 0.05) is 11.8 Å². The van der Waals surface area contributed by atoms with Gasteiger partial charge in [0.15, 0.2) is 11.5 Å². The predicted octanol–water partition coefficient (Wildman–Crippen LogP) is 3.19. The van der Waals surface area contributed by atoms with Crippen LogP contribution in [0.15, 0.2) is 30.3 Å². The maximum atomic E-state index is 6.23. The summed E-state index contributed by atoms with van der Waals surface area (Å²) in [5.41, 5.74) is 9.17. The first-order chi connectivity index (χ1) is 11.7. The zero-order valence-electron chi connectivity index (χ0n) is 12.9. The van der Waals surface area contributed by atoms with Crippen molar-refractivity contribution in [1.29, 1.82) is 0 Å². The number of hydrogen-bond acceptors (Lipinski definition) is 6. The maximum absolute atomic E-state index is 6.23. The van der Waals surface area contributed by atoms with Crippen LogP contribution in [0.4, 0.5) is 5.69 Å². The average molecular weight is 344 g/mol. The second-order valence-electron chi connectivity index (χ2n) is 5.38. The van der Waals surface area contributed by atoms with Crippen molar-refractivity contribution in [2.24, 2.45) is 0 Å². The highest BCUT2D eigenvalue weighted by Gasteiger charge is 2.17. The fraction of sp³-hybridized carbons (Fsp3) is 0.176. The van der Waals surface area contributed by atoms with Crippen molar-refractivity contribution in [3.8, 4) is 17.2 Å². The van der Waals surface area contributed by atoms with Crippen LogP contribution < -0.4 is 19.9 Å². The normalized spacial score (nSPS) is 12.6. The van der Waals surface area contributed by atoms with E-state index >= 15 is 0 Å². The number of nitrogens with two attached hydrogens (primary N) is 1. The van der Waals surface area contributed by atoms with E-state index in [2.05, 4.69) is 9.97 Å². The van der Waals surface area contributed by atoms with Crippen LogP contribution in [0.5, 0.6) is 17.2 Å². The molecule has 0 saturated carbocycles. The molecule has 0 amide bonds. The molecule has 6 nitrogen and oxygen atoms in total. The smallest absolute Gasteiger partial charge is 0.231 e. The van der Waals surface area contributed by atoms with Gasteiger partial charge in [0.25, 0.3) is 0 Å². The van der Waals surface area contributed by atoms with Gasteiger partial charge in [-0.25, -0.2) is 9.97 Å². The van der Waals surface area contributed by atoms with Gasteiger partial charge >= 0.3 is 0 Å². The number of rotatable bonds is 3. The standard InChI is InChI=1S/C17H14ClN3O3/c1-22-13-5-3-10-15(16(13)19)11(21-17(18)20-10)6-9-2-4-12-14(7-9)24-8-23-12/h2-5,7H,6,8,19H2,1H3. The number of hydrogen-bond donors (Lipinski definition) is 1. The molecule has 2 aromatic carbocycles. The molecule has 0 bridgehead atoms. The van der Waals surface area contributed by atoms with Gasteiger partial charge in [-0.15, -0.1) is 0 Å². The number of halogens is 1. The Kier molecular flexibility index (Phi) is 3.54. The Hall–Kier alpha value is -2.73. The first-order valence-corrected chi connectivity index (χ1v) is 7.70. The van der Waals surface area contributed by atoms with Crippen LogP contribution in [0.2, 0.25) is 5.28 Å². The number of nitrogens with zero attached hydrogens (tertiary/aromatic N) is 2. The molecule has 3 aromatic rings. The fourth-order valence-electron chi connectivity index (χ4n) is 2.83. The van der Waals surface area contributed by atoms with Crippen LogP contribution in [0.1, 0.15) is 11.3 Å². The van der Waals surface area contributed by atoms with E-state index in [-0.39, 0.29) is 12.1 Å². The number of aromatic nitrogens is 2. The number of nitrogen functional groups attached to an aromatic ring is 1. The summed E-state index contributed by atoms with van der Waals surface area (Å²) in [4.78, 5) is 8.62. The third-order valence-corrected chi connectivity index (χ3v) is 4.11. The van der Waals surface area contributed by atoms with E-state index in [4.69, 9.17) is 31.5 Å². The number of benzene rings is 2. The molecule has 4 rings (SSSR count). The number of methoxy groups -OCH3 is 1. The summed E-state index contributed by atoms with van der Waals surface area (Å²) >= 11 is 6.07. The van der Waals surface area contributed by atoms with Crippen molar-refractivity contribution >= 4 is 28.2 Å². The van der Waals surface area contributed by atoms with Gasteiger partial charge in [-0.3, -0.25) is 0 Å². The highest BCUT2D eigenvalue weighted by atomic mass is 35.5. The minimum Gasteiger partial charge on any atom is -0.495 e. The Morgan fingerprint density at radius 3 is 2.83 bits per heavy atom. The van der Waals surface area contributed by atoms with Gasteiger partial charge < -0.3 is 19.9 Å². The van der Waals surface area contributed by atoms with Crippen molar-refractivity contribution < 1.29 is 14.2 Å². The molecule has 0 saturated heterocycles. The van der Waals surface area contributed by atoms with E-state index < -0.39 is 0 Å². The molecule has 2 heterocycles. The lowest BCUT2D eigenvalue weighted by Crippen LogP contribution is -2.02. The van der Waals surface area contributed by atoms with Crippen molar-refractivity contribution in [2.45, 2.75) is 6.42 Å². The second-order valence-corrected chi connectivity index (χ2v) is 5.72. The quantitative estimate of drug-likeness (QED) is 0.581. The molecule has 1 aliphatic heterocycles. The Balaban J connectivity index is 1.83. The summed E-state index contributed by atoms with van der Waals surface area (Å²) in [6, 6.07) is 9.37. The topological polar surface area (TPSA) is 79.5 Å². The molecule has 7 heteroatoms. The van der Waals surface area contributed by atoms with Crippen LogP contribution in [-0.4, -0.2) is 23.9 Å². The van der Waals surface area contributed by atoms with Crippen molar-refractivity contribution in [1.82, 2.24) is 9.97 Å². The van der Waals surface area contributed by atoms with Gasteiger partial charge in [-0.1, -0.05) is 6.07 Å². The van der Waals surface area contributed by atoms with Gasteiger partial charge in [0.1, 0.15) is 5.75 Å². The lowest BCUT2D eigenvalue weighted by atomic mass is 10.0. The predicted molar refractivity (Wildman–Crippen MR) is 90.9 cm³/mol. The lowest BCUT2D eigenvalue weighted by molar-refractivity contribution is 0.174. The summed E-state index contributed by atoms with van der Waals surface area (Å²) in [6.45, 7) is 0.241. The molecule has 0 atom stereocenters. The third-order valence-electron chi connectivity index (χ3n) is 3.94. The monoisotopic (exact) mass is 343 g/mol. The van der Waals surface area contributed by atoms with Gasteiger partial charge in [0.2, 0.25) is 12.1 Å². The highest BCUT2D eigenvalue weighted by molar-refractivity contribution is 6.28. The number of ether oxygens (including phenoxy) is 3. The summed E-state index contributed by atoms with van der Waals surface area (Å²) in [7, 11) is 1.58. The molecule has 2 N–H and O–H groups in total. The van der Waals surface area contributed by atoms with Crippen molar-refractivity contribution in [3.63, 3.8) is 0 Å². The van der Waals surface area contributed by atoms with Gasteiger partial charge in [-0.2, -0.15) is 0 Å². The van der Waals surface area contributed by atoms with E-state index in [1.807, 2.05) is 24.3 Å². The summed E-state index contributed by atoms with van der Waals surface area (Å²) in [5.74, 6) is 2.05. The Morgan fingerprint density at radius 2 is 2.00 bits per heavy atom. The zero-order valence-corrected chi connectivity index (χ0v) is 13.6. The van der Waals surface area contributed by atoms with Crippen LogP contribution in [-0.2, 0) is 6.42 Å². The molecule has 0 fully saturated rings. The van der Waals surface area contributed by atoms with Crippen LogP contribution in [0, 0.1) is 0 Å². The van der Waals surface area contributed by atoms with Gasteiger partial charge in [0.05, 0.1) is 24.0 Å². The largest absolute Gasteiger partial charge is 0.495 e. The zero-order chi connectivity index (χ0) is 16.7. The van der Waals surface area contributed by atoms with E-state index in [0.717, 1.165) is 28.1 Å². The number of fused-ring (bicyclic) bond motifs is 2. The second kappa shape index (κ2) is 5.72.